The zero-order valence-electron chi connectivity index (χ0n) is 25.5. The molecule has 2 aromatic heterocycles. The number of anilines is 3. The zero-order valence-corrected chi connectivity index (χ0v) is 27.2. The van der Waals surface area contributed by atoms with Crippen molar-refractivity contribution in [1.29, 1.82) is 0 Å². The van der Waals surface area contributed by atoms with Crippen molar-refractivity contribution < 1.29 is 0 Å². The third kappa shape index (κ3) is 4.11. The minimum atomic E-state index is 0.325. The van der Waals surface area contributed by atoms with Gasteiger partial charge in [0.1, 0.15) is 0 Å². The molecule has 0 aliphatic carbocycles. The fourth-order valence-electron chi connectivity index (χ4n) is 7.45. The van der Waals surface area contributed by atoms with Crippen LogP contribution < -0.4 is 4.90 Å². The molecule has 0 radical (unpaired) electrons. The molecule has 0 aliphatic rings. The molecule has 0 spiro atoms. The summed E-state index contributed by atoms with van der Waals surface area (Å²) in [4.78, 5) is 2.47. The van der Waals surface area contributed by atoms with Crippen LogP contribution in [-0.4, -0.2) is 19.1 Å². The molecule has 0 fully saturated rings. The summed E-state index contributed by atoms with van der Waals surface area (Å²) in [6.07, 6.45) is 0. The molecule has 10 aromatic rings. The van der Waals surface area contributed by atoms with E-state index in [0.29, 0.717) is 14.5 Å². The van der Waals surface area contributed by atoms with Crippen LogP contribution in [0.5, 0.6) is 0 Å². The van der Waals surface area contributed by atoms with E-state index in [4.69, 9.17) is 0 Å². The molecule has 2 heterocycles. The van der Waals surface area contributed by atoms with Crippen LogP contribution in [0.15, 0.2) is 170 Å². The third-order valence-electron chi connectivity index (χ3n) is 9.55. The van der Waals surface area contributed by atoms with Crippen molar-refractivity contribution >= 4 is 94.2 Å². The molecule has 2 nitrogen and oxygen atoms in total. The van der Waals surface area contributed by atoms with Crippen LogP contribution in [0.4, 0.5) is 17.1 Å². The van der Waals surface area contributed by atoms with Gasteiger partial charge in [-0.05, 0) is 0 Å². The van der Waals surface area contributed by atoms with Crippen LogP contribution in [0.1, 0.15) is 0 Å². The Balaban J connectivity index is 1.27. The smallest absolute Gasteiger partial charge is 0.0602 e. The van der Waals surface area contributed by atoms with Crippen LogP contribution in [0.3, 0.4) is 0 Å². The predicted molar refractivity (Wildman–Crippen MR) is 202 cm³/mol. The van der Waals surface area contributed by atoms with E-state index in [0.717, 1.165) is 5.69 Å². The fraction of sp³-hybridized carbons (Fsp3) is 0. The van der Waals surface area contributed by atoms with Gasteiger partial charge in [0, 0.05) is 0 Å². The van der Waals surface area contributed by atoms with Gasteiger partial charge in [0.25, 0.3) is 0 Å². The number of para-hydroxylation sites is 2. The van der Waals surface area contributed by atoms with Gasteiger partial charge in [0.15, 0.2) is 0 Å². The summed E-state index contributed by atoms with van der Waals surface area (Å²) in [5.74, 6) is 0. The number of hydrogen-bond acceptors (Lipinski definition) is 1. The molecule has 47 heavy (non-hydrogen) atoms. The average Bonchev–Trinajstić information content (AvgIpc) is 3.67. The first-order valence-corrected chi connectivity index (χ1v) is 17.7. The first-order chi connectivity index (χ1) is 23.3. The van der Waals surface area contributed by atoms with Gasteiger partial charge in [0.2, 0.25) is 0 Å². The number of nitrogens with zero attached hydrogens (tertiary/aromatic N) is 2. The van der Waals surface area contributed by atoms with E-state index in [9.17, 15) is 0 Å². The summed E-state index contributed by atoms with van der Waals surface area (Å²) in [6, 6.07) is 62.5. The van der Waals surface area contributed by atoms with Crippen molar-refractivity contribution in [1.82, 2.24) is 4.57 Å². The molecule has 0 unspecified atom stereocenters. The van der Waals surface area contributed by atoms with Crippen molar-refractivity contribution in [3.63, 3.8) is 0 Å². The van der Waals surface area contributed by atoms with Crippen molar-refractivity contribution in [3.8, 4) is 5.69 Å². The number of benzene rings is 8. The van der Waals surface area contributed by atoms with E-state index >= 15 is 0 Å². The Morgan fingerprint density at radius 2 is 1.04 bits per heavy atom. The number of hydrogen-bond donors (Lipinski definition) is 0. The molecule has 0 N–H and O–H groups in total. The van der Waals surface area contributed by atoms with Gasteiger partial charge in [-0.2, -0.15) is 0 Å². The SMILES string of the molecule is c1ccc(-n2c3ccccc3c3cc(N(c4ccc5[se]c6ccccc6c5c4)c4cccc5c4ccc4ccccc45)ccc32)cc1. The molecule has 0 saturated carbocycles. The summed E-state index contributed by atoms with van der Waals surface area (Å²) in [5, 5.41) is 10.3. The van der Waals surface area contributed by atoms with E-state index in [1.54, 1.807) is 0 Å². The van der Waals surface area contributed by atoms with Crippen molar-refractivity contribution in [2.24, 2.45) is 0 Å². The van der Waals surface area contributed by atoms with Crippen LogP contribution in [-0.2, 0) is 0 Å². The number of aromatic nitrogens is 1. The molecule has 220 valence electrons. The average molecular weight is 664 g/mol. The molecular weight excluding hydrogens is 635 g/mol. The van der Waals surface area contributed by atoms with Gasteiger partial charge in [-0.15, -0.1) is 0 Å². The first-order valence-electron chi connectivity index (χ1n) is 16.0. The van der Waals surface area contributed by atoms with Crippen LogP contribution in [0.25, 0.3) is 68.3 Å². The molecule has 0 saturated heterocycles. The first kappa shape index (κ1) is 26.6. The topological polar surface area (TPSA) is 8.17 Å². The van der Waals surface area contributed by atoms with E-state index in [-0.39, 0.29) is 0 Å². The second-order valence-corrected chi connectivity index (χ2v) is 14.4. The molecule has 3 heteroatoms. The molecule has 0 atom stereocenters. The predicted octanol–water partition coefficient (Wildman–Crippen LogP) is 11.9. The molecule has 0 aliphatic heterocycles. The Labute approximate surface area is 278 Å². The van der Waals surface area contributed by atoms with Crippen LogP contribution >= 0.6 is 0 Å². The Morgan fingerprint density at radius 3 is 1.94 bits per heavy atom. The van der Waals surface area contributed by atoms with Gasteiger partial charge in [0.05, 0.1) is 0 Å². The standard InChI is InChI=1S/C44H28N2Se/c1-2-12-30(13-3-1)46-41-18-8-6-15-35(41)38-27-31(22-25-42(38)46)45(32-23-26-44-39(28-32)37-16-7-9-20-43(37)47-44)40-19-10-17-34-33-14-5-4-11-29(33)21-24-36(34)40/h1-28H. The van der Waals surface area contributed by atoms with Crippen LogP contribution in [0, 0.1) is 0 Å². The second-order valence-electron chi connectivity index (χ2n) is 12.2. The van der Waals surface area contributed by atoms with Gasteiger partial charge < -0.3 is 0 Å². The third-order valence-corrected chi connectivity index (χ3v) is 12.0. The molecule has 8 aromatic carbocycles. The molecule has 0 bridgehead atoms. The van der Waals surface area contributed by atoms with E-state index in [2.05, 4.69) is 179 Å². The van der Waals surface area contributed by atoms with Gasteiger partial charge in [-0.3, -0.25) is 0 Å². The Kier molecular flexibility index (Phi) is 5.92. The van der Waals surface area contributed by atoms with Crippen LogP contribution in [0.2, 0.25) is 0 Å². The van der Waals surface area contributed by atoms with Gasteiger partial charge >= 0.3 is 261 Å². The summed E-state index contributed by atoms with van der Waals surface area (Å²) in [7, 11) is 0. The number of fused-ring (bicyclic) bond motifs is 9. The molecule has 0 amide bonds. The van der Waals surface area contributed by atoms with Crippen molar-refractivity contribution in [2.75, 3.05) is 4.90 Å². The second kappa shape index (κ2) is 10.5. The van der Waals surface area contributed by atoms with Crippen molar-refractivity contribution in [2.45, 2.75) is 0 Å². The minimum absolute atomic E-state index is 0.325. The number of rotatable bonds is 4. The van der Waals surface area contributed by atoms with Gasteiger partial charge in [-0.1, -0.05) is 18.2 Å². The summed E-state index contributed by atoms with van der Waals surface area (Å²) in [6.45, 7) is 0. The summed E-state index contributed by atoms with van der Waals surface area (Å²) in [5.41, 5.74) is 7.08. The van der Waals surface area contributed by atoms with E-state index < -0.39 is 0 Å². The Bertz CT molecular complexity index is 2810. The fourth-order valence-corrected chi connectivity index (χ4v) is 9.73. The maximum absolute atomic E-state index is 2.47. The quantitative estimate of drug-likeness (QED) is 0.134. The molecular formula is C44H28N2Se. The summed E-state index contributed by atoms with van der Waals surface area (Å²) < 4.78 is 5.30. The minimum Gasteiger partial charge on any atom is -0.0602 e. The Hall–Kier alpha value is -5.60. The normalized spacial score (nSPS) is 11.8. The molecule has 10 rings (SSSR count). The summed E-state index contributed by atoms with van der Waals surface area (Å²) >= 11 is 0.325. The van der Waals surface area contributed by atoms with E-state index in [1.165, 1.54) is 79.7 Å². The van der Waals surface area contributed by atoms with E-state index in [1.807, 2.05) is 0 Å². The van der Waals surface area contributed by atoms with Gasteiger partial charge in [-0.25, -0.2) is 0 Å². The maximum atomic E-state index is 2.47. The zero-order chi connectivity index (χ0) is 30.9. The monoisotopic (exact) mass is 664 g/mol. The van der Waals surface area contributed by atoms with Crippen molar-refractivity contribution in [3.05, 3.63) is 170 Å². The Morgan fingerprint density at radius 1 is 0.383 bits per heavy atom.